The summed E-state index contributed by atoms with van der Waals surface area (Å²) in [6.07, 6.45) is 1.57. The molecule has 0 aliphatic carbocycles. The lowest BCUT2D eigenvalue weighted by molar-refractivity contribution is 0.433. The summed E-state index contributed by atoms with van der Waals surface area (Å²) < 4.78 is 1.34. The number of aryl methyl sites for hydroxylation is 2. The molecule has 2 aromatic carbocycles. The number of hydrazone groups is 1. The van der Waals surface area contributed by atoms with Gasteiger partial charge in [-0.05, 0) is 63.9 Å². The molecule has 2 N–H and O–H groups in total. The minimum absolute atomic E-state index is 0.124. The minimum Gasteiger partial charge on any atom is -0.494 e. The monoisotopic (exact) mass is 363 g/mol. The maximum atomic E-state index is 13.1. The van der Waals surface area contributed by atoms with E-state index in [1.54, 1.807) is 12.3 Å². The van der Waals surface area contributed by atoms with E-state index in [2.05, 4.69) is 10.5 Å². The molecule has 0 amide bonds. The van der Waals surface area contributed by atoms with E-state index in [0.29, 0.717) is 22.0 Å². The topological polar surface area (TPSA) is 66.6 Å². The second kappa shape index (κ2) is 6.91. The van der Waals surface area contributed by atoms with Gasteiger partial charge in [-0.15, -0.1) is 0 Å². The third-order valence-electron chi connectivity index (χ3n) is 4.45. The molecule has 5 nitrogen and oxygen atoms in total. The van der Waals surface area contributed by atoms with Gasteiger partial charge in [-0.2, -0.15) is 5.10 Å². The van der Waals surface area contributed by atoms with Gasteiger partial charge in [0.25, 0.3) is 5.56 Å². The van der Waals surface area contributed by atoms with E-state index in [9.17, 15) is 9.90 Å². The van der Waals surface area contributed by atoms with Gasteiger partial charge in [0.2, 0.25) is 5.88 Å². The molecule has 0 saturated carbocycles. The van der Waals surface area contributed by atoms with E-state index < -0.39 is 0 Å². The summed E-state index contributed by atoms with van der Waals surface area (Å²) in [4.78, 5) is 13.1. The van der Waals surface area contributed by atoms with Gasteiger partial charge in [-0.1, -0.05) is 24.3 Å². The summed E-state index contributed by atoms with van der Waals surface area (Å²) >= 11 is 0. The van der Waals surface area contributed by atoms with Crippen LogP contribution < -0.4 is 11.0 Å². The number of nitrogens with zero attached hydrogens (tertiary/aromatic N) is 2. The van der Waals surface area contributed by atoms with E-state index in [0.717, 1.165) is 11.1 Å². The first kappa shape index (κ1) is 18.7. The van der Waals surface area contributed by atoms with Crippen molar-refractivity contribution in [2.75, 3.05) is 0 Å². The molecule has 0 fully saturated rings. The zero-order valence-electron chi connectivity index (χ0n) is 16.4. The van der Waals surface area contributed by atoms with Gasteiger partial charge in [0.1, 0.15) is 0 Å². The van der Waals surface area contributed by atoms with Crippen molar-refractivity contribution in [3.63, 3.8) is 0 Å². The van der Waals surface area contributed by atoms with Gasteiger partial charge in [0.05, 0.1) is 17.5 Å². The maximum Gasteiger partial charge on any atom is 0.265 e. The van der Waals surface area contributed by atoms with Gasteiger partial charge in [-0.25, -0.2) is 4.57 Å². The number of hydrogen-bond acceptors (Lipinski definition) is 4. The standard InChI is InChI=1S/C22H25N3O2/c1-14-10-11-16(12-15(14)2)25-20(26)18-9-7-6-8-17(18)19(21(25)27)13-23-24-22(3,4)5/h6-13,24,27H,1-5H3/b23-13+. The first-order chi connectivity index (χ1) is 12.7. The molecule has 0 radical (unpaired) electrons. The Morgan fingerprint density at radius 2 is 1.70 bits per heavy atom. The van der Waals surface area contributed by atoms with Crippen LogP contribution >= 0.6 is 0 Å². The van der Waals surface area contributed by atoms with Crippen LogP contribution in [0.4, 0.5) is 0 Å². The fraction of sp³-hybridized carbons (Fsp3) is 0.273. The van der Waals surface area contributed by atoms with Crippen LogP contribution in [0.15, 0.2) is 52.4 Å². The zero-order chi connectivity index (χ0) is 19.8. The van der Waals surface area contributed by atoms with Crippen molar-refractivity contribution in [2.45, 2.75) is 40.2 Å². The predicted molar refractivity (Wildman–Crippen MR) is 111 cm³/mol. The Bertz CT molecular complexity index is 1090. The Hall–Kier alpha value is -3.08. The number of rotatable bonds is 3. The lowest BCUT2D eigenvalue weighted by Crippen LogP contribution is -2.31. The van der Waals surface area contributed by atoms with Crippen molar-refractivity contribution in [3.8, 4) is 11.6 Å². The highest BCUT2D eigenvalue weighted by Crippen LogP contribution is 2.26. The van der Waals surface area contributed by atoms with Crippen LogP contribution in [0, 0.1) is 13.8 Å². The number of nitrogens with one attached hydrogen (secondary N) is 1. The number of hydrogen-bond donors (Lipinski definition) is 2. The molecule has 0 spiro atoms. The van der Waals surface area contributed by atoms with Crippen LogP contribution in [0.3, 0.4) is 0 Å². The number of aromatic hydroxyl groups is 1. The fourth-order valence-electron chi connectivity index (χ4n) is 2.88. The largest absolute Gasteiger partial charge is 0.494 e. The maximum absolute atomic E-state index is 13.1. The fourth-order valence-corrected chi connectivity index (χ4v) is 2.88. The summed E-state index contributed by atoms with van der Waals surface area (Å²) in [5, 5.41) is 16.4. The number of pyridine rings is 1. The first-order valence-corrected chi connectivity index (χ1v) is 8.93. The van der Waals surface area contributed by atoms with Gasteiger partial charge in [0.15, 0.2) is 0 Å². The average molecular weight is 363 g/mol. The summed E-state index contributed by atoms with van der Waals surface area (Å²) in [5.41, 5.74) is 5.87. The summed E-state index contributed by atoms with van der Waals surface area (Å²) in [6.45, 7) is 9.99. The van der Waals surface area contributed by atoms with Crippen LogP contribution in [0.25, 0.3) is 16.5 Å². The molecular formula is C22H25N3O2. The molecule has 0 aliphatic heterocycles. The third-order valence-corrected chi connectivity index (χ3v) is 4.45. The smallest absolute Gasteiger partial charge is 0.265 e. The average Bonchev–Trinajstić information content (AvgIpc) is 2.60. The molecule has 140 valence electrons. The Labute approximate surface area is 159 Å². The Kier molecular flexibility index (Phi) is 4.79. The van der Waals surface area contributed by atoms with E-state index >= 15 is 0 Å². The molecule has 5 heteroatoms. The van der Waals surface area contributed by atoms with Crippen molar-refractivity contribution in [3.05, 3.63) is 69.5 Å². The van der Waals surface area contributed by atoms with Crippen LogP contribution in [0.1, 0.15) is 37.5 Å². The van der Waals surface area contributed by atoms with Crippen LogP contribution in [-0.4, -0.2) is 21.4 Å². The molecule has 0 unspecified atom stereocenters. The SMILES string of the molecule is Cc1ccc(-n2c(O)c(/C=N/NC(C)(C)C)c3ccccc3c2=O)cc1C. The molecule has 0 aliphatic rings. The molecule has 27 heavy (non-hydrogen) atoms. The van der Waals surface area contributed by atoms with Crippen LogP contribution in [0.5, 0.6) is 5.88 Å². The normalized spacial score (nSPS) is 12.0. The van der Waals surface area contributed by atoms with Gasteiger partial charge < -0.3 is 10.5 Å². The highest BCUT2D eigenvalue weighted by molar-refractivity contribution is 6.01. The van der Waals surface area contributed by atoms with Gasteiger partial charge in [0, 0.05) is 16.3 Å². The number of benzene rings is 2. The van der Waals surface area contributed by atoms with E-state index in [4.69, 9.17) is 0 Å². The van der Waals surface area contributed by atoms with Crippen molar-refractivity contribution >= 4 is 17.0 Å². The molecule has 1 aromatic heterocycles. The molecule has 3 aromatic rings. The van der Waals surface area contributed by atoms with E-state index in [1.165, 1.54) is 4.57 Å². The highest BCUT2D eigenvalue weighted by Gasteiger charge is 2.17. The van der Waals surface area contributed by atoms with Crippen molar-refractivity contribution < 1.29 is 5.11 Å². The molecule has 1 heterocycles. The Morgan fingerprint density at radius 3 is 2.33 bits per heavy atom. The number of fused-ring (bicyclic) bond motifs is 1. The summed E-state index contributed by atoms with van der Waals surface area (Å²) in [7, 11) is 0. The van der Waals surface area contributed by atoms with Crippen LogP contribution in [0.2, 0.25) is 0 Å². The molecule has 3 rings (SSSR count). The summed E-state index contributed by atoms with van der Waals surface area (Å²) in [6, 6.07) is 12.9. The van der Waals surface area contributed by atoms with Gasteiger partial charge >= 0.3 is 0 Å². The Morgan fingerprint density at radius 1 is 1.04 bits per heavy atom. The van der Waals surface area contributed by atoms with Crippen molar-refractivity contribution in [2.24, 2.45) is 5.10 Å². The lowest BCUT2D eigenvalue weighted by Gasteiger charge is -2.18. The number of aromatic nitrogens is 1. The predicted octanol–water partition coefficient (Wildman–Crippen LogP) is 4.04. The lowest BCUT2D eigenvalue weighted by atomic mass is 10.1. The van der Waals surface area contributed by atoms with Gasteiger partial charge in [-0.3, -0.25) is 4.79 Å². The highest BCUT2D eigenvalue weighted by atomic mass is 16.3. The second-order valence-electron chi connectivity index (χ2n) is 7.81. The molecule has 0 atom stereocenters. The van der Waals surface area contributed by atoms with Crippen LogP contribution in [-0.2, 0) is 0 Å². The summed E-state index contributed by atoms with van der Waals surface area (Å²) in [5.74, 6) is -0.124. The Balaban J connectivity index is 2.29. The molecule has 0 bridgehead atoms. The van der Waals surface area contributed by atoms with E-state index in [1.807, 2.05) is 71.0 Å². The van der Waals surface area contributed by atoms with Crippen molar-refractivity contribution in [1.29, 1.82) is 0 Å². The minimum atomic E-state index is -0.257. The first-order valence-electron chi connectivity index (χ1n) is 8.93. The van der Waals surface area contributed by atoms with E-state index in [-0.39, 0.29) is 17.0 Å². The molecular weight excluding hydrogens is 338 g/mol. The van der Waals surface area contributed by atoms with Crippen molar-refractivity contribution in [1.82, 2.24) is 9.99 Å². The molecule has 0 saturated heterocycles. The second-order valence-corrected chi connectivity index (χ2v) is 7.81. The zero-order valence-corrected chi connectivity index (χ0v) is 16.4. The third kappa shape index (κ3) is 3.72. The quantitative estimate of drug-likeness (QED) is 0.545.